The van der Waals surface area contributed by atoms with E-state index in [0.29, 0.717) is 24.4 Å². The number of halogens is 1. The molecule has 94 valence electrons. The molecule has 1 amide bonds. The van der Waals surface area contributed by atoms with E-state index in [4.69, 9.17) is 11.6 Å². The number of carbonyl (C=O) groups is 1. The summed E-state index contributed by atoms with van der Waals surface area (Å²) in [5.74, 6) is 0.00418. The first-order valence-corrected chi connectivity index (χ1v) is 6.11. The number of carbonyl (C=O) groups excluding carboxylic acids is 1. The van der Waals surface area contributed by atoms with Crippen molar-refractivity contribution in [3.63, 3.8) is 0 Å². The number of benzene rings is 1. The van der Waals surface area contributed by atoms with Crippen LogP contribution >= 0.6 is 11.6 Å². The summed E-state index contributed by atoms with van der Waals surface area (Å²) in [6.45, 7) is 0.460. The van der Waals surface area contributed by atoms with Gasteiger partial charge in [-0.2, -0.15) is 0 Å². The molecule has 5 heteroatoms. The predicted molar refractivity (Wildman–Crippen MR) is 70.2 cm³/mol. The summed E-state index contributed by atoms with van der Waals surface area (Å²) < 4.78 is 0. The number of nitrogens with zero attached hydrogens (tertiary/aromatic N) is 1. The van der Waals surface area contributed by atoms with Crippen LogP contribution in [0.5, 0.6) is 0 Å². The van der Waals surface area contributed by atoms with Gasteiger partial charge in [0.2, 0.25) is 5.91 Å². The molecule has 0 fully saturated rings. The number of hydrogen-bond acceptors (Lipinski definition) is 2. The highest BCUT2D eigenvalue weighted by atomic mass is 35.5. The zero-order valence-corrected chi connectivity index (χ0v) is 10.6. The molecule has 1 aromatic heterocycles. The van der Waals surface area contributed by atoms with Crippen molar-refractivity contribution in [2.45, 2.75) is 19.4 Å². The fourth-order valence-corrected chi connectivity index (χ4v) is 1.80. The Labute approximate surface area is 110 Å². The fraction of sp³-hybridized carbons (Fsp3) is 0.231. The van der Waals surface area contributed by atoms with Crippen LogP contribution in [0, 0.1) is 0 Å². The first-order chi connectivity index (χ1) is 8.75. The highest BCUT2D eigenvalue weighted by molar-refractivity contribution is 6.31. The Kier molecular flexibility index (Phi) is 4.36. The van der Waals surface area contributed by atoms with Crippen molar-refractivity contribution in [3.05, 3.63) is 53.1 Å². The lowest BCUT2D eigenvalue weighted by Gasteiger charge is -2.06. The topological polar surface area (TPSA) is 57.8 Å². The van der Waals surface area contributed by atoms with Gasteiger partial charge in [0, 0.05) is 29.9 Å². The lowest BCUT2D eigenvalue weighted by Crippen LogP contribution is -2.23. The first kappa shape index (κ1) is 12.6. The van der Waals surface area contributed by atoms with Gasteiger partial charge in [0.05, 0.1) is 6.33 Å². The Morgan fingerprint density at radius 2 is 2.22 bits per heavy atom. The number of imidazole rings is 1. The molecule has 0 unspecified atom stereocenters. The van der Waals surface area contributed by atoms with Gasteiger partial charge in [0.1, 0.15) is 0 Å². The molecule has 0 aliphatic rings. The van der Waals surface area contributed by atoms with Gasteiger partial charge in [-0.15, -0.1) is 0 Å². The number of nitrogens with one attached hydrogen (secondary N) is 2. The van der Waals surface area contributed by atoms with Crippen molar-refractivity contribution >= 4 is 17.5 Å². The number of rotatable bonds is 5. The van der Waals surface area contributed by atoms with Crippen LogP contribution < -0.4 is 5.32 Å². The standard InChI is InChI=1S/C13H14ClN3O/c14-12-4-2-1-3-10(12)7-16-13(18)6-5-11-8-15-9-17-11/h1-4,8-9H,5-7H2,(H,15,17)(H,16,18). The summed E-state index contributed by atoms with van der Waals surface area (Å²) in [7, 11) is 0. The molecule has 0 bridgehead atoms. The molecule has 2 aromatic rings. The normalized spacial score (nSPS) is 10.3. The summed E-state index contributed by atoms with van der Waals surface area (Å²) in [5, 5.41) is 3.52. The molecule has 0 radical (unpaired) electrons. The molecule has 1 heterocycles. The molecule has 0 saturated heterocycles. The van der Waals surface area contributed by atoms with Crippen molar-refractivity contribution in [1.82, 2.24) is 15.3 Å². The number of aryl methyl sites for hydroxylation is 1. The predicted octanol–water partition coefficient (Wildman–Crippen LogP) is 2.31. The van der Waals surface area contributed by atoms with Crippen molar-refractivity contribution in [1.29, 1.82) is 0 Å². The van der Waals surface area contributed by atoms with E-state index in [-0.39, 0.29) is 5.91 Å². The fourth-order valence-electron chi connectivity index (χ4n) is 1.59. The van der Waals surface area contributed by atoms with Gasteiger partial charge in [-0.25, -0.2) is 4.98 Å². The van der Waals surface area contributed by atoms with E-state index < -0.39 is 0 Å². The molecule has 0 spiro atoms. The molecule has 0 aliphatic carbocycles. The quantitative estimate of drug-likeness (QED) is 0.870. The van der Waals surface area contributed by atoms with Crippen LogP contribution in [0.3, 0.4) is 0 Å². The third kappa shape index (κ3) is 3.60. The maximum atomic E-state index is 11.6. The summed E-state index contributed by atoms with van der Waals surface area (Å²) in [6, 6.07) is 7.48. The summed E-state index contributed by atoms with van der Waals surface area (Å²) in [4.78, 5) is 18.5. The number of hydrogen-bond donors (Lipinski definition) is 2. The Morgan fingerprint density at radius 1 is 1.39 bits per heavy atom. The SMILES string of the molecule is O=C(CCc1cnc[nH]1)NCc1ccccc1Cl. The van der Waals surface area contributed by atoms with E-state index in [1.54, 1.807) is 12.5 Å². The molecule has 18 heavy (non-hydrogen) atoms. The first-order valence-electron chi connectivity index (χ1n) is 5.73. The molecule has 2 N–H and O–H groups in total. The summed E-state index contributed by atoms with van der Waals surface area (Å²) >= 11 is 6.00. The third-order valence-corrected chi connectivity index (χ3v) is 2.98. The average molecular weight is 264 g/mol. The van der Waals surface area contributed by atoms with Crippen LogP contribution in [-0.2, 0) is 17.8 Å². The minimum Gasteiger partial charge on any atom is -0.352 e. The second kappa shape index (κ2) is 6.21. The van der Waals surface area contributed by atoms with Crippen LogP contribution in [0.25, 0.3) is 0 Å². The highest BCUT2D eigenvalue weighted by Crippen LogP contribution is 2.14. The van der Waals surface area contributed by atoms with Gasteiger partial charge in [0.15, 0.2) is 0 Å². The lowest BCUT2D eigenvalue weighted by molar-refractivity contribution is -0.121. The van der Waals surface area contributed by atoms with Crippen molar-refractivity contribution in [2.24, 2.45) is 0 Å². The Bertz CT molecular complexity index is 511. The van der Waals surface area contributed by atoms with E-state index in [1.807, 2.05) is 24.3 Å². The Morgan fingerprint density at radius 3 is 2.94 bits per heavy atom. The number of amides is 1. The molecular weight excluding hydrogens is 250 g/mol. The van der Waals surface area contributed by atoms with Crippen LogP contribution in [0.15, 0.2) is 36.8 Å². The van der Waals surface area contributed by atoms with Crippen molar-refractivity contribution < 1.29 is 4.79 Å². The van der Waals surface area contributed by atoms with Gasteiger partial charge in [-0.05, 0) is 18.1 Å². The zero-order chi connectivity index (χ0) is 12.8. The zero-order valence-electron chi connectivity index (χ0n) is 9.82. The molecule has 2 rings (SSSR count). The molecule has 4 nitrogen and oxygen atoms in total. The highest BCUT2D eigenvalue weighted by Gasteiger charge is 2.04. The lowest BCUT2D eigenvalue weighted by atomic mass is 10.2. The second-order valence-corrected chi connectivity index (χ2v) is 4.35. The largest absolute Gasteiger partial charge is 0.352 e. The van der Waals surface area contributed by atoms with Crippen molar-refractivity contribution in [3.8, 4) is 0 Å². The monoisotopic (exact) mass is 263 g/mol. The van der Waals surface area contributed by atoms with Gasteiger partial charge < -0.3 is 10.3 Å². The smallest absolute Gasteiger partial charge is 0.220 e. The van der Waals surface area contributed by atoms with Gasteiger partial charge in [-0.3, -0.25) is 4.79 Å². The summed E-state index contributed by atoms with van der Waals surface area (Å²) in [6.07, 6.45) is 4.43. The van der Waals surface area contributed by atoms with Crippen LogP contribution in [0.2, 0.25) is 5.02 Å². The van der Waals surface area contributed by atoms with E-state index in [0.717, 1.165) is 11.3 Å². The van der Waals surface area contributed by atoms with Gasteiger partial charge >= 0.3 is 0 Å². The Hall–Kier alpha value is -1.81. The molecule has 0 aliphatic heterocycles. The maximum Gasteiger partial charge on any atom is 0.220 e. The molecule has 0 atom stereocenters. The van der Waals surface area contributed by atoms with Crippen LogP contribution in [-0.4, -0.2) is 15.9 Å². The second-order valence-electron chi connectivity index (χ2n) is 3.94. The minimum absolute atomic E-state index is 0.00418. The van der Waals surface area contributed by atoms with E-state index >= 15 is 0 Å². The third-order valence-electron chi connectivity index (χ3n) is 2.61. The Balaban J connectivity index is 1.77. The van der Waals surface area contributed by atoms with Gasteiger partial charge in [0.25, 0.3) is 0 Å². The maximum absolute atomic E-state index is 11.6. The van der Waals surface area contributed by atoms with E-state index in [1.165, 1.54) is 0 Å². The molecule has 0 saturated carbocycles. The van der Waals surface area contributed by atoms with E-state index in [2.05, 4.69) is 15.3 Å². The minimum atomic E-state index is 0.00418. The molecule has 1 aromatic carbocycles. The van der Waals surface area contributed by atoms with Crippen LogP contribution in [0.1, 0.15) is 17.7 Å². The van der Waals surface area contributed by atoms with Gasteiger partial charge in [-0.1, -0.05) is 29.8 Å². The number of aromatic nitrogens is 2. The number of aromatic amines is 1. The van der Waals surface area contributed by atoms with Crippen LogP contribution in [0.4, 0.5) is 0 Å². The molecular formula is C13H14ClN3O. The van der Waals surface area contributed by atoms with E-state index in [9.17, 15) is 4.79 Å². The number of H-pyrrole nitrogens is 1. The van der Waals surface area contributed by atoms with Crippen molar-refractivity contribution in [2.75, 3.05) is 0 Å². The summed E-state index contributed by atoms with van der Waals surface area (Å²) in [5.41, 5.74) is 1.89. The average Bonchev–Trinajstić information content (AvgIpc) is 2.88.